The summed E-state index contributed by atoms with van der Waals surface area (Å²) in [6.07, 6.45) is 0.536. The molecule has 0 saturated carbocycles. The molecule has 31 heavy (non-hydrogen) atoms. The molecule has 0 atom stereocenters. The van der Waals surface area contributed by atoms with Crippen molar-refractivity contribution in [1.29, 1.82) is 0 Å². The summed E-state index contributed by atoms with van der Waals surface area (Å²) < 4.78 is 13.7. The number of aliphatic hydroxyl groups excluding tert-OH is 1. The van der Waals surface area contributed by atoms with E-state index in [2.05, 4.69) is 58.9 Å². The van der Waals surface area contributed by atoms with Crippen molar-refractivity contribution in [3.63, 3.8) is 0 Å². The molecule has 3 rings (SSSR count). The number of hydrogen-bond acceptors (Lipinski definition) is 3. The molecule has 1 heterocycles. The van der Waals surface area contributed by atoms with Crippen LogP contribution in [0.15, 0.2) is 53.4 Å². The van der Waals surface area contributed by atoms with Crippen LogP contribution in [0.3, 0.4) is 0 Å². The molecule has 0 aliphatic heterocycles. The average molecular weight is 438 g/mol. The van der Waals surface area contributed by atoms with Gasteiger partial charge in [-0.1, -0.05) is 57.5 Å². The molecule has 2 aromatic carbocycles. The van der Waals surface area contributed by atoms with E-state index in [0.29, 0.717) is 6.42 Å². The van der Waals surface area contributed by atoms with E-state index in [1.54, 1.807) is 11.8 Å². The Morgan fingerprint density at radius 3 is 2.00 bits per heavy atom. The molecule has 0 unspecified atom stereocenters. The lowest BCUT2D eigenvalue weighted by Crippen LogP contribution is -2.13. The van der Waals surface area contributed by atoms with Gasteiger partial charge in [0.05, 0.1) is 0 Å². The molecular formula is C27H32FNOS. The van der Waals surface area contributed by atoms with Gasteiger partial charge in [-0.3, -0.25) is 4.98 Å². The van der Waals surface area contributed by atoms with E-state index in [1.807, 2.05) is 12.1 Å². The quantitative estimate of drug-likeness (QED) is 0.376. The van der Waals surface area contributed by atoms with Gasteiger partial charge in [0.1, 0.15) is 5.82 Å². The molecule has 0 spiro atoms. The fourth-order valence-electron chi connectivity index (χ4n) is 3.92. The lowest BCUT2D eigenvalue weighted by atomic mass is 9.86. The molecule has 1 aromatic heterocycles. The summed E-state index contributed by atoms with van der Waals surface area (Å²) in [4.78, 5) is 6.33. The van der Waals surface area contributed by atoms with Crippen LogP contribution in [0.4, 0.5) is 4.39 Å². The largest absolute Gasteiger partial charge is 0.396 e. The molecule has 0 fully saturated rings. The predicted molar refractivity (Wildman–Crippen MR) is 129 cm³/mol. The molecule has 2 nitrogen and oxygen atoms in total. The van der Waals surface area contributed by atoms with Gasteiger partial charge in [0.15, 0.2) is 0 Å². The number of halogens is 1. The number of aromatic nitrogens is 1. The van der Waals surface area contributed by atoms with Gasteiger partial charge in [-0.15, -0.1) is 11.8 Å². The highest BCUT2D eigenvalue weighted by atomic mass is 32.2. The standard InChI is InChI=1S/C27H32FNOS/c1-17(2)26-23(14-15-30)25(20-8-10-21(28)11-9-20)24(27(29-26)18(3)4)16-31-22-12-6-19(5)7-13-22/h6-13,17-18,30H,14-16H2,1-5H3. The highest BCUT2D eigenvalue weighted by Gasteiger charge is 2.23. The maximum absolute atomic E-state index is 13.7. The molecule has 0 amide bonds. The maximum atomic E-state index is 13.7. The number of hydrogen-bond donors (Lipinski definition) is 1. The van der Waals surface area contributed by atoms with Crippen LogP contribution in [0.2, 0.25) is 0 Å². The summed E-state index contributed by atoms with van der Waals surface area (Å²) in [5, 5.41) is 9.85. The average Bonchev–Trinajstić information content (AvgIpc) is 2.73. The van der Waals surface area contributed by atoms with Crippen molar-refractivity contribution >= 4 is 11.8 Å². The molecule has 0 radical (unpaired) electrons. The van der Waals surface area contributed by atoms with Gasteiger partial charge in [0, 0.05) is 28.6 Å². The number of thioether (sulfide) groups is 1. The highest BCUT2D eigenvalue weighted by Crippen LogP contribution is 2.39. The van der Waals surface area contributed by atoms with Crippen LogP contribution in [0, 0.1) is 12.7 Å². The Kier molecular flexibility index (Phi) is 7.90. The topological polar surface area (TPSA) is 33.1 Å². The normalized spacial score (nSPS) is 11.5. The van der Waals surface area contributed by atoms with Gasteiger partial charge in [-0.05, 0) is 71.7 Å². The van der Waals surface area contributed by atoms with Crippen LogP contribution in [-0.4, -0.2) is 16.7 Å². The number of rotatable bonds is 8. The molecule has 0 bridgehead atoms. The summed E-state index contributed by atoms with van der Waals surface area (Å²) in [5.41, 5.74) is 7.71. The van der Waals surface area contributed by atoms with Crippen molar-refractivity contribution in [3.05, 3.63) is 82.4 Å². The van der Waals surface area contributed by atoms with Crippen LogP contribution in [0.5, 0.6) is 0 Å². The Labute approximate surface area is 189 Å². The number of benzene rings is 2. The third-order valence-electron chi connectivity index (χ3n) is 5.46. The van der Waals surface area contributed by atoms with Gasteiger partial charge in [-0.2, -0.15) is 0 Å². The van der Waals surface area contributed by atoms with Crippen molar-refractivity contribution in [2.45, 2.75) is 63.5 Å². The third-order valence-corrected chi connectivity index (χ3v) is 6.49. The molecule has 164 valence electrons. The highest BCUT2D eigenvalue weighted by molar-refractivity contribution is 7.98. The zero-order chi connectivity index (χ0) is 22.5. The lowest BCUT2D eigenvalue weighted by Gasteiger charge is -2.25. The van der Waals surface area contributed by atoms with E-state index in [-0.39, 0.29) is 24.3 Å². The van der Waals surface area contributed by atoms with Gasteiger partial charge in [0.2, 0.25) is 0 Å². The SMILES string of the molecule is Cc1ccc(SCc2c(C(C)C)nc(C(C)C)c(CCO)c2-c2ccc(F)cc2)cc1. The number of nitrogens with zero attached hydrogens (tertiary/aromatic N) is 1. The lowest BCUT2D eigenvalue weighted by molar-refractivity contribution is 0.299. The van der Waals surface area contributed by atoms with Crippen LogP contribution >= 0.6 is 11.8 Å². The fraction of sp³-hybridized carbons (Fsp3) is 0.370. The summed E-state index contributed by atoms with van der Waals surface area (Å²) in [7, 11) is 0. The van der Waals surface area contributed by atoms with Crippen molar-refractivity contribution in [3.8, 4) is 11.1 Å². The summed E-state index contributed by atoms with van der Waals surface area (Å²) in [6, 6.07) is 15.3. The smallest absolute Gasteiger partial charge is 0.123 e. The van der Waals surface area contributed by atoms with Crippen molar-refractivity contribution in [1.82, 2.24) is 4.98 Å². The first-order chi connectivity index (χ1) is 14.8. The molecule has 0 aliphatic carbocycles. The van der Waals surface area contributed by atoms with Gasteiger partial charge >= 0.3 is 0 Å². The first-order valence-corrected chi connectivity index (χ1v) is 11.9. The van der Waals surface area contributed by atoms with E-state index in [0.717, 1.165) is 33.8 Å². The van der Waals surface area contributed by atoms with Crippen LogP contribution in [0.25, 0.3) is 11.1 Å². The van der Waals surface area contributed by atoms with E-state index in [1.165, 1.54) is 28.2 Å². The Bertz CT molecular complexity index is 1010. The van der Waals surface area contributed by atoms with Gasteiger partial charge in [0.25, 0.3) is 0 Å². The van der Waals surface area contributed by atoms with E-state index in [4.69, 9.17) is 4.98 Å². The van der Waals surface area contributed by atoms with Crippen molar-refractivity contribution in [2.75, 3.05) is 6.61 Å². The van der Waals surface area contributed by atoms with Crippen LogP contribution in [0.1, 0.15) is 67.6 Å². The minimum Gasteiger partial charge on any atom is -0.396 e. The third kappa shape index (κ3) is 5.55. The summed E-state index contributed by atoms with van der Waals surface area (Å²) in [6.45, 7) is 10.8. The fourth-order valence-corrected chi connectivity index (χ4v) is 4.86. The monoisotopic (exact) mass is 437 g/mol. The predicted octanol–water partition coefficient (Wildman–Crippen LogP) is 7.27. The van der Waals surface area contributed by atoms with Gasteiger partial charge < -0.3 is 5.11 Å². The molecular weight excluding hydrogens is 405 g/mol. The molecule has 0 saturated heterocycles. The first kappa shape index (κ1) is 23.5. The van der Waals surface area contributed by atoms with Crippen molar-refractivity contribution < 1.29 is 9.50 Å². The molecule has 3 aromatic rings. The van der Waals surface area contributed by atoms with Gasteiger partial charge in [-0.25, -0.2) is 4.39 Å². The van der Waals surface area contributed by atoms with E-state index < -0.39 is 0 Å². The second-order valence-electron chi connectivity index (χ2n) is 8.61. The number of aryl methyl sites for hydroxylation is 1. The Hall–Kier alpha value is -2.17. The summed E-state index contributed by atoms with van der Waals surface area (Å²) >= 11 is 1.79. The second-order valence-corrected chi connectivity index (χ2v) is 9.65. The Balaban J connectivity index is 2.22. The van der Waals surface area contributed by atoms with E-state index >= 15 is 0 Å². The first-order valence-electron chi connectivity index (χ1n) is 10.9. The maximum Gasteiger partial charge on any atom is 0.123 e. The molecule has 1 N–H and O–H groups in total. The minimum atomic E-state index is -0.245. The molecule has 0 aliphatic rings. The Morgan fingerprint density at radius 2 is 1.45 bits per heavy atom. The Morgan fingerprint density at radius 1 is 0.871 bits per heavy atom. The zero-order valence-electron chi connectivity index (χ0n) is 19.1. The minimum absolute atomic E-state index is 0.0567. The van der Waals surface area contributed by atoms with E-state index in [9.17, 15) is 9.50 Å². The zero-order valence-corrected chi connectivity index (χ0v) is 19.9. The second kappa shape index (κ2) is 10.4. The summed E-state index contributed by atoms with van der Waals surface area (Å²) in [5.74, 6) is 1.02. The van der Waals surface area contributed by atoms with Crippen molar-refractivity contribution in [2.24, 2.45) is 0 Å². The molecule has 4 heteroatoms. The number of aliphatic hydroxyl groups is 1. The van der Waals surface area contributed by atoms with Crippen LogP contribution < -0.4 is 0 Å². The van der Waals surface area contributed by atoms with Crippen LogP contribution in [-0.2, 0) is 12.2 Å². The number of pyridine rings is 1.